The van der Waals surface area contributed by atoms with Gasteiger partial charge in [-0.15, -0.1) is 0 Å². The zero-order valence-electron chi connectivity index (χ0n) is 13.3. The molecule has 7 heteroatoms. The fourth-order valence-electron chi connectivity index (χ4n) is 3.10. The van der Waals surface area contributed by atoms with Crippen LogP contribution in [-0.2, 0) is 6.54 Å². The first-order valence-electron chi connectivity index (χ1n) is 7.87. The molecule has 0 spiro atoms. The smallest absolute Gasteiger partial charge is 0.157 e. The maximum Gasteiger partial charge on any atom is 0.157 e. The lowest BCUT2D eigenvalue weighted by Crippen LogP contribution is -2.44. The molecule has 3 aromatic rings. The first-order chi connectivity index (χ1) is 11.7. The van der Waals surface area contributed by atoms with Crippen LogP contribution in [0.15, 0.2) is 52.7 Å². The number of benzene rings is 2. The Labute approximate surface area is 139 Å². The van der Waals surface area contributed by atoms with Crippen molar-refractivity contribution in [3.63, 3.8) is 0 Å². The van der Waals surface area contributed by atoms with E-state index in [-0.39, 0.29) is 0 Å². The minimum Gasteiger partial charge on any atom is -0.341 e. The van der Waals surface area contributed by atoms with Crippen molar-refractivity contribution in [2.45, 2.75) is 19.6 Å². The number of hydrogen-bond donors (Lipinski definition) is 3. The van der Waals surface area contributed by atoms with Gasteiger partial charge in [0.15, 0.2) is 6.17 Å². The Morgan fingerprint density at radius 1 is 1.17 bits per heavy atom. The molecule has 1 aliphatic rings. The molecule has 0 saturated heterocycles. The van der Waals surface area contributed by atoms with Gasteiger partial charge in [0.1, 0.15) is 5.71 Å². The Morgan fingerprint density at radius 2 is 1.96 bits per heavy atom. The summed E-state index contributed by atoms with van der Waals surface area (Å²) >= 11 is 0. The largest absolute Gasteiger partial charge is 0.341 e. The SMILES string of the molecule is CCn1c2ccccc2c2cc(NN=C3C=NN(N)C3N)ccc21. The van der Waals surface area contributed by atoms with Crippen molar-refractivity contribution in [2.24, 2.45) is 21.8 Å². The van der Waals surface area contributed by atoms with Crippen LogP contribution < -0.4 is 17.0 Å². The molecule has 2 heterocycles. The second-order valence-corrected chi connectivity index (χ2v) is 5.71. The highest BCUT2D eigenvalue weighted by Crippen LogP contribution is 2.30. The molecule has 1 unspecified atom stereocenters. The number of nitrogens with zero attached hydrogens (tertiary/aromatic N) is 4. The summed E-state index contributed by atoms with van der Waals surface area (Å²) in [4.78, 5) is 0. The molecule has 0 saturated carbocycles. The third-order valence-corrected chi connectivity index (χ3v) is 4.31. The lowest BCUT2D eigenvalue weighted by atomic mass is 10.1. The predicted molar refractivity (Wildman–Crippen MR) is 98.7 cm³/mol. The van der Waals surface area contributed by atoms with Crippen LogP contribution >= 0.6 is 0 Å². The Morgan fingerprint density at radius 3 is 2.71 bits per heavy atom. The number of hydrazone groups is 2. The molecule has 1 aliphatic heterocycles. The molecular weight excluding hydrogens is 302 g/mol. The third-order valence-electron chi connectivity index (χ3n) is 4.31. The number of hydrazine groups is 1. The van der Waals surface area contributed by atoms with Gasteiger partial charge in [-0.25, -0.2) is 11.0 Å². The van der Waals surface area contributed by atoms with Crippen molar-refractivity contribution in [2.75, 3.05) is 5.43 Å². The van der Waals surface area contributed by atoms with E-state index >= 15 is 0 Å². The van der Waals surface area contributed by atoms with E-state index in [1.54, 1.807) is 6.21 Å². The van der Waals surface area contributed by atoms with Crippen molar-refractivity contribution >= 4 is 39.4 Å². The molecule has 1 aromatic heterocycles. The Hall–Kier alpha value is -2.90. The molecule has 1 atom stereocenters. The standard InChI is InChI=1S/C17H19N7/c1-2-23-15-6-4-3-5-12(15)13-9-11(7-8-16(13)23)21-22-14-10-20-24(19)17(14)18/h3-10,17,21H,2,18-19H2,1H3. The molecule has 4 rings (SSSR count). The Balaban J connectivity index is 1.75. The van der Waals surface area contributed by atoms with Crippen LogP contribution in [0.25, 0.3) is 21.8 Å². The highest BCUT2D eigenvalue weighted by molar-refractivity contribution is 6.34. The summed E-state index contributed by atoms with van der Waals surface area (Å²) in [5.74, 6) is 5.59. The van der Waals surface area contributed by atoms with Crippen molar-refractivity contribution in [1.29, 1.82) is 0 Å². The van der Waals surface area contributed by atoms with E-state index < -0.39 is 6.17 Å². The number of fused-ring (bicyclic) bond motifs is 3. The minimum absolute atomic E-state index is 0.525. The predicted octanol–water partition coefficient (Wildman–Crippen LogP) is 2.04. The minimum atomic E-state index is -0.525. The van der Waals surface area contributed by atoms with Crippen molar-refractivity contribution in [3.8, 4) is 0 Å². The van der Waals surface area contributed by atoms with Crippen molar-refractivity contribution in [1.82, 2.24) is 9.69 Å². The highest BCUT2D eigenvalue weighted by atomic mass is 15.7. The van der Waals surface area contributed by atoms with Gasteiger partial charge in [-0.1, -0.05) is 18.2 Å². The van der Waals surface area contributed by atoms with Gasteiger partial charge in [0.2, 0.25) is 0 Å². The average molecular weight is 321 g/mol. The maximum atomic E-state index is 5.87. The van der Waals surface area contributed by atoms with Gasteiger partial charge >= 0.3 is 0 Å². The number of nitrogens with two attached hydrogens (primary N) is 2. The summed E-state index contributed by atoms with van der Waals surface area (Å²) in [6.45, 7) is 3.08. The molecule has 2 aromatic carbocycles. The zero-order valence-corrected chi connectivity index (χ0v) is 13.3. The van der Waals surface area contributed by atoms with Crippen LogP contribution in [0.3, 0.4) is 0 Å². The van der Waals surface area contributed by atoms with Gasteiger partial charge in [-0.05, 0) is 31.2 Å². The second kappa shape index (κ2) is 5.63. The van der Waals surface area contributed by atoms with E-state index in [1.807, 2.05) is 6.07 Å². The molecule has 24 heavy (non-hydrogen) atoms. The molecule has 0 radical (unpaired) electrons. The van der Waals surface area contributed by atoms with Gasteiger partial charge in [0.25, 0.3) is 0 Å². The van der Waals surface area contributed by atoms with Crippen LogP contribution in [-0.4, -0.2) is 27.8 Å². The quantitative estimate of drug-likeness (QED) is 0.508. The fourth-order valence-corrected chi connectivity index (χ4v) is 3.10. The van der Waals surface area contributed by atoms with Crippen LogP contribution in [0.1, 0.15) is 6.92 Å². The number of para-hydroxylation sites is 1. The van der Waals surface area contributed by atoms with Crippen molar-refractivity contribution in [3.05, 3.63) is 42.5 Å². The van der Waals surface area contributed by atoms with E-state index in [0.29, 0.717) is 5.71 Å². The first kappa shape index (κ1) is 14.7. The summed E-state index contributed by atoms with van der Waals surface area (Å²) in [6.07, 6.45) is 1.03. The number of rotatable bonds is 3. The lowest BCUT2D eigenvalue weighted by Gasteiger charge is -2.12. The van der Waals surface area contributed by atoms with Crippen LogP contribution in [0.5, 0.6) is 0 Å². The topological polar surface area (TPSA) is 97.0 Å². The number of anilines is 1. The second-order valence-electron chi connectivity index (χ2n) is 5.71. The number of nitrogens with one attached hydrogen (secondary N) is 1. The summed E-state index contributed by atoms with van der Waals surface area (Å²) in [6, 6.07) is 14.6. The number of hydrogen-bond acceptors (Lipinski definition) is 6. The Kier molecular flexibility index (Phi) is 3.44. The molecule has 122 valence electrons. The fraction of sp³-hybridized carbons (Fsp3) is 0.176. The van der Waals surface area contributed by atoms with Gasteiger partial charge in [-0.2, -0.15) is 10.2 Å². The van der Waals surface area contributed by atoms with E-state index in [1.165, 1.54) is 26.9 Å². The van der Waals surface area contributed by atoms with Gasteiger partial charge in [-0.3, -0.25) is 5.43 Å². The van der Waals surface area contributed by atoms with Crippen molar-refractivity contribution < 1.29 is 0 Å². The summed E-state index contributed by atoms with van der Waals surface area (Å²) in [7, 11) is 0. The summed E-state index contributed by atoms with van der Waals surface area (Å²) in [5, 5.41) is 11.8. The van der Waals surface area contributed by atoms with Crippen LogP contribution in [0.2, 0.25) is 0 Å². The molecule has 0 aliphatic carbocycles. The normalized spacial score (nSPS) is 19.0. The molecule has 0 amide bonds. The molecular formula is C17H19N7. The van der Waals surface area contributed by atoms with E-state index in [2.05, 4.69) is 63.5 Å². The highest BCUT2D eigenvalue weighted by Gasteiger charge is 2.20. The first-order valence-corrected chi connectivity index (χ1v) is 7.87. The van der Waals surface area contributed by atoms with E-state index in [0.717, 1.165) is 12.2 Å². The van der Waals surface area contributed by atoms with Crippen LogP contribution in [0.4, 0.5) is 5.69 Å². The number of aryl methyl sites for hydroxylation is 1. The average Bonchev–Trinajstić information content (AvgIpc) is 3.10. The summed E-state index contributed by atoms with van der Waals surface area (Å²) in [5.41, 5.74) is 12.9. The molecule has 0 fully saturated rings. The molecule has 7 nitrogen and oxygen atoms in total. The summed E-state index contributed by atoms with van der Waals surface area (Å²) < 4.78 is 2.31. The zero-order chi connectivity index (χ0) is 16.7. The molecule has 5 N–H and O–H groups in total. The van der Waals surface area contributed by atoms with Gasteiger partial charge < -0.3 is 10.3 Å². The van der Waals surface area contributed by atoms with Gasteiger partial charge in [0, 0.05) is 28.4 Å². The monoisotopic (exact) mass is 321 g/mol. The molecule has 0 bridgehead atoms. The maximum absolute atomic E-state index is 5.87. The Bertz CT molecular complexity index is 970. The van der Waals surface area contributed by atoms with E-state index in [4.69, 9.17) is 11.6 Å². The van der Waals surface area contributed by atoms with E-state index in [9.17, 15) is 0 Å². The van der Waals surface area contributed by atoms with Gasteiger partial charge in [0.05, 0.1) is 11.9 Å². The van der Waals surface area contributed by atoms with Crippen LogP contribution in [0, 0.1) is 0 Å². The lowest BCUT2D eigenvalue weighted by molar-refractivity contribution is 0.280. The third kappa shape index (κ3) is 2.22. The number of aromatic nitrogens is 1.